The van der Waals surface area contributed by atoms with Gasteiger partial charge in [-0.15, -0.1) is 6.58 Å². The molecule has 1 saturated heterocycles. The van der Waals surface area contributed by atoms with E-state index in [-0.39, 0.29) is 41.4 Å². The molecule has 12 nitrogen and oxygen atoms in total. The molecule has 4 N–H and O–H groups in total. The molecule has 1 heterocycles. The van der Waals surface area contributed by atoms with Gasteiger partial charge in [0.25, 0.3) is 5.91 Å². The quantitative estimate of drug-likeness (QED) is 0.144. The number of fused-ring (bicyclic) bond motifs is 1. The average molecular weight is 746 g/mol. The minimum absolute atomic E-state index is 0.0812. The topological polar surface area (TPSA) is 171 Å². The molecular formula is C39H63N5O7S. The number of amides is 5. The third-order valence-electron chi connectivity index (χ3n) is 12.8. The molecular weight excluding hydrogens is 683 g/mol. The Labute approximate surface area is 310 Å². The maximum Gasteiger partial charge on any atom is 0.315 e. The summed E-state index contributed by atoms with van der Waals surface area (Å²) in [4.78, 5) is 70.6. The van der Waals surface area contributed by atoms with Gasteiger partial charge in [-0.2, -0.15) is 0 Å². The van der Waals surface area contributed by atoms with Gasteiger partial charge in [0.1, 0.15) is 12.1 Å². The van der Waals surface area contributed by atoms with Gasteiger partial charge in [0.2, 0.25) is 17.6 Å². The van der Waals surface area contributed by atoms with Crippen molar-refractivity contribution in [3.05, 3.63) is 12.7 Å². The molecule has 4 saturated carbocycles. The van der Waals surface area contributed by atoms with Crippen LogP contribution in [0.1, 0.15) is 125 Å². The Morgan fingerprint density at radius 2 is 1.56 bits per heavy atom. The third kappa shape index (κ3) is 9.04. The molecule has 0 radical (unpaired) electrons. The molecule has 0 aromatic heterocycles. The van der Waals surface area contributed by atoms with Crippen molar-refractivity contribution in [3.8, 4) is 0 Å². The van der Waals surface area contributed by atoms with Gasteiger partial charge < -0.3 is 26.2 Å². The van der Waals surface area contributed by atoms with E-state index < -0.39 is 61.9 Å². The second-order valence-electron chi connectivity index (χ2n) is 18.0. The summed E-state index contributed by atoms with van der Waals surface area (Å²) < 4.78 is 25.8. The fourth-order valence-electron chi connectivity index (χ4n) is 9.12. The highest BCUT2D eigenvalue weighted by atomic mass is 32.2. The molecule has 0 aromatic carbocycles. The van der Waals surface area contributed by atoms with Crippen LogP contribution in [0.5, 0.6) is 0 Å². The number of sulfone groups is 1. The van der Waals surface area contributed by atoms with Crippen molar-refractivity contribution >= 4 is 39.4 Å². The van der Waals surface area contributed by atoms with E-state index in [1.807, 2.05) is 0 Å². The number of piperidine rings is 1. The Hall–Kier alpha value is -2.96. The minimum atomic E-state index is -3.56. The van der Waals surface area contributed by atoms with Crippen LogP contribution in [0.15, 0.2) is 12.7 Å². The Bertz CT molecular complexity index is 1490. The highest BCUT2D eigenvalue weighted by Gasteiger charge is 2.70. The fraction of sp³-hybridized carbons (Fsp3) is 0.821. The summed E-state index contributed by atoms with van der Waals surface area (Å²) in [6.07, 6.45) is 12.7. The van der Waals surface area contributed by atoms with Gasteiger partial charge in [-0.3, -0.25) is 19.2 Å². The zero-order valence-electron chi connectivity index (χ0n) is 32.1. The number of likely N-dealkylation sites (tertiary alicyclic amines) is 1. The number of urea groups is 1. The molecule has 13 heteroatoms. The lowest BCUT2D eigenvalue weighted by Crippen LogP contribution is -2.63. The molecule has 1 aliphatic heterocycles. The highest BCUT2D eigenvalue weighted by molar-refractivity contribution is 7.92. The van der Waals surface area contributed by atoms with Crippen molar-refractivity contribution in [2.75, 3.05) is 18.8 Å². The van der Waals surface area contributed by atoms with Crippen LogP contribution >= 0.6 is 0 Å². The van der Waals surface area contributed by atoms with Gasteiger partial charge in [0.15, 0.2) is 9.84 Å². The summed E-state index contributed by atoms with van der Waals surface area (Å²) in [5, 5.41) is 11.5. The number of nitrogens with one attached hydrogen (secondary N) is 4. The Morgan fingerprint density at radius 1 is 0.923 bits per heavy atom. The van der Waals surface area contributed by atoms with E-state index in [0.717, 1.165) is 70.6 Å². The molecule has 5 rings (SSSR count). The number of carbonyl (C=O) groups excluding carboxylic acids is 5. The summed E-state index contributed by atoms with van der Waals surface area (Å²) in [7, 11) is -3.56. The molecule has 0 unspecified atom stereocenters. The number of ketones is 1. The van der Waals surface area contributed by atoms with Crippen molar-refractivity contribution in [2.24, 2.45) is 29.1 Å². The molecule has 0 spiro atoms. The van der Waals surface area contributed by atoms with Gasteiger partial charge in [-0.1, -0.05) is 71.3 Å². The predicted octanol–water partition coefficient (Wildman–Crippen LogP) is 4.18. The molecule has 5 fully saturated rings. The lowest BCUT2D eigenvalue weighted by molar-refractivity contribution is -0.144. The zero-order valence-corrected chi connectivity index (χ0v) is 32.9. The maximum atomic E-state index is 14.7. The first-order chi connectivity index (χ1) is 24.4. The van der Waals surface area contributed by atoms with Gasteiger partial charge in [-0.25, -0.2) is 13.2 Å². The van der Waals surface area contributed by atoms with E-state index in [9.17, 15) is 32.4 Å². The molecule has 0 aromatic rings. The normalized spacial score (nSPS) is 26.6. The number of hydrogen-bond acceptors (Lipinski definition) is 7. The number of carbonyl (C=O) groups is 5. The number of Topliss-reactive ketones (excluding diaryl/α,β-unsaturated/α-hetero) is 1. The van der Waals surface area contributed by atoms with Crippen LogP contribution in [0.25, 0.3) is 0 Å². The maximum absolute atomic E-state index is 14.7. The van der Waals surface area contributed by atoms with E-state index in [4.69, 9.17) is 0 Å². The molecule has 5 atom stereocenters. The fourth-order valence-corrected chi connectivity index (χ4v) is 10.6. The van der Waals surface area contributed by atoms with Crippen LogP contribution < -0.4 is 21.3 Å². The lowest BCUT2D eigenvalue weighted by Gasteiger charge is -2.41. The molecule has 5 aliphatic rings. The van der Waals surface area contributed by atoms with Crippen LogP contribution in [-0.4, -0.2) is 90.1 Å². The second kappa shape index (κ2) is 15.8. The van der Waals surface area contributed by atoms with E-state index in [1.54, 1.807) is 25.7 Å². The van der Waals surface area contributed by atoms with Crippen LogP contribution in [-0.2, 0) is 29.0 Å². The molecule has 5 amide bonds. The highest BCUT2D eigenvalue weighted by Crippen LogP contribution is 2.65. The predicted molar refractivity (Wildman–Crippen MR) is 200 cm³/mol. The van der Waals surface area contributed by atoms with E-state index in [0.29, 0.717) is 31.7 Å². The summed E-state index contributed by atoms with van der Waals surface area (Å²) in [5.74, 6) is -2.12. The van der Waals surface area contributed by atoms with Crippen LogP contribution in [0.3, 0.4) is 0 Å². The smallest absolute Gasteiger partial charge is 0.315 e. The third-order valence-corrected chi connectivity index (χ3v) is 15.6. The Morgan fingerprint density at radius 3 is 2.15 bits per heavy atom. The summed E-state index contributed by atoms with van der Waals surface area (Å²) in [6, 6.07) is -3.31. The van der Waals surface area contributed by atoms with Gasteiger partial charge in [0, 0.05) is 13.1 Å². The zero-order chi connectivity index (χ0) is 38.1. The summed E-state index contributed by atoms with van der Waals surface area (Å²) in [5.41, 5.74) is -1.12. The number of hydrogen-bond donors (Lipinski definition) is 4. The molecule has 292 valence electrons. The van der Waals surface area contributed by atoms with Crippen molar-refractivity contribution in [3.63, 3.8) is 0 Å². The second-order valence-corrected chi connectivity index (χ2v) is 20.8. The van der Waals surface area contributed by atoms with Crippen molar-refractivity contribution in [2.45, 2.75) is 153 Å². The van der Waals surface area contributed by atoms with E-state index >= 15 is 0 Å². The molecule has 0 bridgehead atoms. The first-order valence-corrected chi connectivity index (χ1v) is 21.4. The number of nitrogens with zero attached hydrogens (tertiary/aromatic N) is 1. The SMILES string of the molecule is C=CCNC(=O)C(=O)[C@H](CCC1CC1)NC(=O)[C@@H]1[C@@H]2[C@H](CN1C(=O)[C@@H](NC(=O)NC1(CS(=O)(=O)C(C)(C)C)CCCCC1)C1CCCCC1)C2(C)C. The average Bonchev–Trinajstić information content (AvgIpc) is 3.95. The minimum Gasteiger partial charge on any atom is -0.346 e. The monoisotopic (exact) mass is 745 g/mol. The molecule has 52 heavy (non-hydrogen) atoms. The Balaban J connectivity index is 1.37. The standard InChI is InChI=1S/C39H63N5O7S/c1-7-22-40-34(47)32(45)28(19-18-25-16-17-25)41-33(46)31-29-27(38(29,5)6)23-44(31)35(48)30(26-14-10-8-11-15-26)42-36(49)43-39(20-12-9-13-21-39)24-52(50,51)37(2,3)4/h7,25-31H,1,8-24H2,2-6H3,(H,40,47)(H,41,46)(H2,42,43,49)/t27-,28-,29-,30-,31-/m0/s1. The van der Waals surface area contributed by atoms with Crippen LogP contribution in [0.4, 0.5) is 4.79 Å². The van der Waals surface area contributed by atoms with Crippen LogP contribution in [0.2, 0.25) is 0 Å². The van der Waals surface area contributed by atoms with Crippen molar-refractivity contribution in [1.82, 2.24) is 26.2 Å². The first kappa shape index (κ1) is 40.2. The largest absolute Gasteiger partial charge is 0.346 e. The lowest BCUT2D eigenvalue weighted by atomic mass is 9.82. The number of rotatable bonds is 15. The van der Waals surface area contributed by atoms with Crippen molar-refractivity contribution < 1.29 is 32.4 Å². The van der Waals surface area contributed by atoms with E-state index in [1.165, 1.54) is 6.08 Å². The van der Waals surface area contributed by atoms with Gasteiger partial charge in [0.05, 0.1) is 22.1 Å². The Kier molecular flexibility index (Phi) is 12.2. The van der Waals surface area contributed by atoms with E-state index in [2.05, 4.69) is 41.7 Å². The summed E-state index contributed by atoms with van der Waals surface area (Å²) in [6.45, 7) is 13.3. The van der Waals surface area contributed by atoms with Gasteiger partial charge >= 0.3 is 6.03 Å². The van der Waals surface area contributed by atoms with Crippen LogP contribution in [0, 0.1) is 29.1 Å². The first-order valence-electron chi connectivity index (χ1n) is 19.8. The van der Waals surface area contributed by atoms with Crippen molar-refractivity contribution in [1.29, 1.82) is 0 Å². The van der Waals surface area contributed by atoms with Gasteiger partial charge in [-0.05, 0) is 88.4 Å². The summed E-state index contributed by atoms with van der Waals surface area (Å²) >= 11 is 0. The molecule has 4 aliphatic carbocycles.